The molecule has 0 radical (unpaired) electrons. The molecule has 9 nitrogen and oxygen atoms in total. The number of hydrogen-bond donors (Lipinski definition) is 0. The van der Waals surface area contributed by atoms with E-state index in [2.05, 4.69) is 26.6 Å². The molecule has 2 fully saturated rings. The number of benzene rings is 1. The first-order valence-corrected chi connectivity index (χ1v) is 15.1. The molecule has 0 N–H and O–H groups in total. The van der Waals surface area contributed by atoms with E-state index in [1.54, 1.807) is 12.5 Å². The fourth-order valence-corrected chi connectivity index (χ4v) is 6.17. The van der Waals surface area contributed by atoms with Crippen LogP contribution in [0.3, 0.4) is 0 Å². The molecule has 0 spiro atoms. The van der Waals surface area contributed by atoms with Gasteiger partial charge in [0.1, 0.15) is 23.4 Å². The van der Waals surface area contributed by atoms with E-state index in [1.807, 2.05) is 68.3 Å². The Hall–Kier alpha value is -3.85. The average Bonchev–Trinajstić information content (AvgIpc) is 3.74. The van der Waals surface area contributed by atoms with E-state index in [-0.39, 0.29) is 18.1 Å². The number of ether oxygens (including phenoxy) is 3. The Balaban J connectivity index is 1.14. The lowest BCUT2D eigenvalue weighted by atomic mass is 9.95. The molecule has 222 valence electrons. The SMILES string of the molecule is CC(C)(C)OC(=O)N1CCCC1CN1CCC(c2ncc(-c3ccccn3)n2C2OC=C(Cc3ccccc3)O2)CC1. The zero-order valence-corrected chi connectivity index (χ0v) is 24.8. The van der Waals surface area contributed by atoms with Gasteiger partial charge in [-0.05, 0) is 77.2 Å². The molecule has 9 heteroatoms. The van der Waals surface area contributed by atoms with E-state index >= 15 is 0 Å². The zero-order chi connectivity index (χ0) is 29.1. The number of carbonyl (C=O) groups is 1. The maximum absolute atomic E-state index is 12.8. The summed E-state index contributed by atoms with van der Waals surface area (Å²) in [4.78, 5) is 26.7. The number of carbonyl (C=O) groups excluding carboxylic acids is 1. The van der Waals surface area contributed by atoms with Gasteiger partial charge in [-0.15, -0.1) is 0 Å². The van der Waals surface area contributed by atoms with Gasteiger partial charge in [0.05, 0.1) is 17.6 Å². The Bertz CT molecular complexity index is 1380. The Labute approximate surface area is 248 Å². The van der Waals surface area contributed by atoms with Crippen LogP contribution in [0.15, 0.2) is 72.9 Å². The molecular weight excluding hydrogens is 530 g/mol. The quantitative estimate of drug-likeness (QED) is 0.338. The number of amides is 1. The minimum Gasteiger partial charge on any atom is -0.444 e. The maximum atomic E-state index is 12.8. The number of likely N-dealkylation sites (tertiary alicyclic amines) is 2. The van der Waals surface area contributed by atoms with E-state index < -0.39 is 12.0 Å². The largest absolute Gasteiger partial charge is 0.444 e. The molecule has 5 heterocycles. The number of pyridine rings is 1. The third-order valence-corrected chi connectivity index (χ3v) is 8.18. The van der Waals surface area contributed by atoms with Gasteiger partial charge in [0, 0.05) is 37.7 Å². The van der Waals surface area contributed by atoms with Crippen LogP contribution in [0.5, 0.6) is 0 Å². The number of imidazole rings is 1. The highest BCUT2D eigenvalue weighted by atomic mass is 16.7. The van der Waals surface area contributed by atoms with Gasteiger partial charge >= 0.3 is 12.5 Å². The molecular formula is C33H41N5O4. The molecule has 1 aromatic carbocycles. The molecule has 1 amide bonds. The standard InChI is InChI=1S/C33H41N5O4/c1-33(2,3)42-31(39)37-17-9-12-26(37)22-36-18-14-25(15-19-36)30-35-21-29(28-13-7-8-16-34-28)38(30)32-40-23-27(41-32)20-24-10-5-4-6-11-24/h4-8,10-11,13,16,21,23,25-26,32H,9,12,14-15,17-20,22H2,1-3H3. The number of aromatic nitrogens is 3. The van der Waals surface area contributed by atoms with Crippen molar-refractivity contribution >= 4 is 6.09 Å². The molecule has 2 saturated heterocycles. The molecule has 2 unspecified atom stereocenters. The van der Waals surface area contributed by atoms with Gasteiger partial charge in [-0.1, -0.05) is 36.4 Å². The van der Waals surface area contributed by atoms with Crippen molar-refractivity contribution in [3.8, 4) is 11.4 Å². The van der Waals surface area contributed by atoms with Crippen LogP contribution in [0, 0.1) is 0 Å². The Morgan fingerprint density at radius 3 is 2.52 bits per heavy atom. The van der Waals surface area contributed by atoms with Crippen molar-refractivity contribution in [1.82, 2.24) is 24.3 Å². The molecule has 2 atom stereocenters. The molecule has 0 saturated carbocycles. The van der Waals surface area contributed by atoms with Crippen LogP contribution in [0.4, 0.5) is 4.79 Å². The van der Waals surface area contributed by atoms with E-state index in [0.29, 0.717) is 6.42 Å². The summed E-state index contributed by atoms with van der Waals surface area (Å²) < 4.78 is 20.2. The summed E-state index contributed by atoms with van der Waals surface area (Å²) in [5, 5.41) is 0. The lowest BCUT2D eigenvalue weighted by Gasteiger charge is -2.36. The molecule has 0 bridgehead atoms. The summed E-state index contributed by atoms with van der Waals surface area (Å²) >= 11 is 0. The molecule has 6 rings (SSSR count). The second-order valence-electron chi connectivity index (χ2n) is 12.4. The van der Waals surface area contributed by atoms with Crippen LogP contribution < -0.4 is 0 Å². The molecule has 42 heavy (non-hydrogen) atoms. The summed E-state index contributed by atoms with van der Waals surface area (Å²) in [6.45, 7) is 9.30. The second kappa shape index (κ2) is 12.2. The first kappa shape index (κ1) is 28.3. The van der Waals surface area contributed by atoms with Gasteiger partial charge in [0.25, 0.3) is 0 Å². The van der Waals surface area contributed by atoms with Crippen LogP contribution in [-0.2, 0) is 20.6 Å². The van der Waals surface area contributed by atoms with E-state index in [1.165, 1.54) is 5.56 Å². The fourth-order valence-electron chi connectivity index (χ4n) is 6.17. The Morgan fingerprint density at radius 2 is 1.79 bits per heavy atom. The van der Waals surface area contributed by atoms with E-state index in [4.69, 9.17) is 19.2 Å². The van der Waals surface area contributed by atoms with Gasteiger partial charge in [-0.3, -0.25) is 9.55 Å². The normalized spacial score (nSPS) is 21.6. The van der Waals surface area contributed by atoms with Crippen LogP contribution in [0.1, 0.15) is 70.2 Å². The number of hydrogen-bond acceptors (Lipinski definition) is 7. The van der Waals surface area contributed by atoms with Crippen molar-refractivity contribution in [2.24, 2.45) is 0 Å². The first-order chi connectivity index (χ1) is 20.3. The van der Waals surface area contributed by atoms with Crippen LogP contribution >= 0.6 is 0 Å². The summed E-state index contributed by atoms with van der Waals surface area (Å²) in [7, 11) is 0. The van der Waals surface area contributed by atoms with Crippen molar-refractivity contribution in [2.75, 3.05) is 26.2 Å². The minimum atomic E-state index is -0.628. The lowest BCUT2D eigenvalue weighted by molar-refractivity contribution is -0.0937. The van der Waals surface area contributed by atoms with Gasteiger partial charge in [0.15, 0.2) is 0 Å². The molecule has 3 aliphatic heterocycles. The van der Waals surface area contributed by atoms with Gasteiger partial charge in [-0.25, -0.2) is 9.78 Å². The molecule has 0 aliphatic carbocycles. The lowest BCUT2D eigenvalue weighted by Crippen LogP contribution is -2.47. The summed E-state index contributed by atoms with van der Waals surface area (Å²) in [6, 6.07) is 16.3. The van der Waals surface area contributed by atoms with Crippen molar-refractivity contribution in [3.05, 3.63) is 84.3 Å². The second-order valence-corrected chi connectivity index (χ2v) is 12.4. The fraction of sp³-hybridized carbons (Fsp3) is 0.485. The molecule has 2 aromatic heterocycles. The summed E-state index contributed by atoms with van der Waals surface area (Å²) in [5.41, 5.74) is 2.40. The van der Waals surface area contributed by atoms with Crippen molar-refractivity contribution < 1.29 is 19.0 Å². The number of allylic oxidation sites excluding steroid dienone is 1. The molecule has 3 aliphatic rings. The van der Waals surface area contributed by atoms with E-state index in [0.717, 1.165) is 74.8 Å². The monoisotopic (exact) mass is 571 g/mol. The number of nitrogens with zero attached hydrogens (tertiary/aromatic N) is 5. The third-order valence-electron chi connectivity index (χ3n) is 8.18. The Morgan fingerprint density at radius 1 is 1.00 bits per heavy atom. The Kier molecular flexibility index (Phi) is 8.20. The van der Waals surface area contributed by atoms with E-state index in [9.17, 15) is 4.79 Å². The highest BCUT2D eigenvalue weighted by molar-refractivity contribution is 5.69. The van der Waals surface area contributed by atoms with Crippen molar-refractivity contribution in [2.45, 2.75) is 76.9 Å². The topological polar surface area (TPSA) is 82.0 Å². The van der Waals surface area contributed by atoms with Crippen LogP contribution in [0.25, 0.3) is 11.4 Å². The highest BCUT2D eigenvalue weighted by Gasteiger charge is 2.36. The smallest absolute Gasteiger partial charge is 0.410 e. The number of rotatable bonds is 7. The first-order valence-electron chi connectivity index (χ1n) is 15.1. The van der Waals surface area contributed by atoms with Crippen LogP contribution in [0.2, 0.25) is 0 Å². The zero-order valence-electron chi connectivity index (χ0n) is 24.8. The van der Waals surface area contributed by atoms with Crippen molar-refractivity contribution in [1.29, 1.82) is 0 Å². The third kappa shape index (κ3) is 6.46. The average molecular weight is 572 g/mol. The van der Waals surface area contributed by atoms with Crippen molar-refractivity contribution in [3.63, 3.8) is 0 Å². The van der Waals surface area contributed by atoms with Gasteiger partial charge in [0.2, 0.25) is 0 Å². The highest BCUT2D eigenvalue weighted by Crippen LogP contribution is 2.37. The summed E-state index contributed by atoms with van der Waals surface area (Å²) in [6.07, 6.45) is 9.24. The predicted octanol–water partition coefficient (Wildman–Crippen LogP) is 6.11. The van der Waals surface area contributed by atoms with Crippen LogP contribution in [-0.4, -0.2) is 68.3 Å². The summed E-state index contributed by atoms with van der Waals surface area (Å²) in [5.74, 6) is 2.01. The van der Waals surface area contributed by atoms with Gasteiger partial charge < -0.3 is 24.0 Å². The number of piperidine rings is 1. The predicted molar refractivity (Wildman–Crippen MR) is 159 cm³/mol. The molecule has 3 aromatic rings. The minimum absolute atomic E-state index is 0.194. The van der Waals surface area contributed by atoms with Gasteiger partial charge in [-0.2, -0.15) is 0 Å². The maximum Gasteiger partial charge on any atom is 0.410 e.